The van der Waals surface area contributed by atoms with Crippen molar-refractivity contribution in [3.05, 3.63) is 77.1 Å². The van der Waals surface area contributed by atoms with E-state index in [4.69, 9.17) is 16.2 Å². The summed E-state index contributed by atoms with van der Waals surface area (Å²) >= 11 is 0. The van der Waals surface area contributed by atoms with Gasteiger partial charge in [0, 0.05) is 29.7 Å². The molecule has 0 fully saturated rings. The Labute approximate surface area is 171 Å². The van der Waals surface area contributed by atoms with Crippen molar-refractivity contribution in [2.75, 3.05) is 5.73 Å². The lowest BCUT2D eigenvalue weighted by molar-refractivity contribution is 0.226. The maximum absolute atomic E-state index is 14.1. The number of nitrogens with zero attached hydrogens (tertiary/aromatic N) is 5. The molecule has 3 aromatic rings. The van der Waals surface area contributed by atoms with Crippen LogP contribution < -0.4 is 16.2 Å². The number of nitrogen functional groups attached to an aromatic ring is 1. The molecule has 3 heterocycles. The van der Waals surface area contributed by atoms with E-state index in [2.05, 4.69) is 15.1 Å². The molecular weight excluding hydrogens is 385 g/mol. The lowest BCUT2D eigenvalue weighted by Crippen LogP contribution is -2.15. The van der Waals surface area contributed by atoms with Crippen molar-refractivity contribution in [2.24, 2.45) is 10.7 Å². The number of rotatable bonds is 1. The molecule has 0 saturated carbocycles. The SMILES string of the molecule is CC1Oc2cc(cnc2N)C(C(C#N)=CN)=NCc2ccnn2-c2ccc(F)cc21. The van der Waals surface area contributed by atoms with Gasteiger partial charge in [-0.25, -0.2) is 14.1 Å². The molecule has 150 valence electrons. The van der Waals surface area contributed by atoms with E-state index in [-0.39, 0.29) is 17.9 Å². The summed E-state index contributed by atoms with van der Waals surface area (Å²) in [6.07, 6.45) is 3.77. The van der Waals surface area contributed by atoms with Crippen LogP contribution in [-0.2, 0) is 6.54 Å². The van der Waals surface area contributed by atoms with Gasteiger partial charge in [-0.3, -0.25) is 4.99 Å². The molecule has 1 unspecified atom stereocenters. The second kappa shape index (κ2) is 7.67. The van der Waals surface area contributed by atoms with Crippen molar-refractivity contribution < 1.29 is 9.13 Å². The summed E-state index contributed by atoms with van der Waals surface area (Å²) in [6.45, 7) is 1.99. The monoisotopic (exact) mass is 403 g/mol. The molecule has 0 spiro atoms. The molecular formula is C21H18FN7O. The normalized spacial score (nSPS) is 16.1. The van der Waals surface area contributed by atoms with Gasteiger partial charge in [-0.1, -0.05) is 0 Å². The average molecular weight is 403 g/mol. The number of benzene rings is 1. The van der Waals surface area contributed by atoms with Crippen molar-refractivity contribution in [2.45, 2.75) is 19.6 Å². The van der Waals surface area contributed by atoms with Crippen molar-refractivity contribution in [1.29, 1.82) is 5.26 Å². The van der Waals surface area contributed by atoms with Gasteiger partial charge in [0.25, 0.3) is 0 Å². The number of pyridine rings is 1. The fourth-order valence-electron chi connectivity index (χ4n) is 3.31. The van der Waals surface area contributed by atoms with Gasteiger partial charge >= 0.3 is 0 Å². The first-order valence-corrected chi connectivity index (χ1v) is 9.14. The Kier molecular flexibility index (Phi) is 4.90. The zero-order valence-corrected chi connectivity index (χ0v) is 16.1. The van der Waals surface area contributed by atoms with Crippen LogP contribution in [0.2, 0.25) is 0 Å². The van der Waals surface area contributed by atoms with Crippen LogP contribution in [0.15, 0.2) is 59.5 Å². The van der Waals surface area contributed by atoms with Gasteiger partial charge in [-0.05, 0) is 37.3 Å². The van der Waals surface area contributed by atoms with Gasteiger partial charge < -0.3 is 16.2 Å². The maximum atomic E-state index is 14.1. The van der Waals surface area contributed by atoms with Gasteiger partial charge in [0.05, 0.1) is 29.2 Å². The minimum absolute atomic E-state index is 0.162. The lowest BCUT2D eigenvalue weighted by Gasteiger charge is -2.21. The van der Waals surface area contributed by atoms with E-state index in [0.29, 0.717) is 28.3 Å². The fourth-order valence-corrected chi connectivity index (χ4v) is 3.31. The molecule has 1 atom stereocenters. The number of aromatic nitrogens is 3. The Bertz CT molecular complexity index is 1220. The highest BCUT2D eigenvalue weighted by atomic mass is 19.1. The Morgan fingerprint density at radius 2 is 2.20 bits per heavy atom. The number of nitriles is 1. The third kappa shape index (κ3) is 3.35. The Balaban J connectivity index is 1.98. The highest BCUT2D eigenvalue weighted by molar-refractivity contribution is 6.15. The molecule has 1 aromatic carbocycles. The number of aliphatic imine (C=N–C) groups is 1. The lowest BCUT2D eigenvalue weighted by atomic mass is 10.0. The zero-order chi connectivity index (χ0) is 21.3. The van der Waals surface area contributed by atoms with E-state index < -0.39 is 11.9 Å². The third-order valence-corrected chi connectivity index (χ3v) is 4.78. The quantitative estimate of drug-likeness (QED) is 0.601. The van der Waals surface area contributed by atoms with Crippen LogP contribution >= 0.6 is 0 Å². The molecule has 0 amide bonds. The van der Waals surface area contributed by atoms with Crippen LogP contribution in [0, 0.1) is 17.1 Å². The summed E-state index contributed by atoms with van der Waals surface area (Å²) in [5, 5.41) is 13.9. The van der Waals surface area contributed by atoms with Crippen LogP contribution in [0.1, 0.15) is 29.8 Å². The number of allylic oxidation sites excluding steroid dienone is 1. The second-order valence-electron chi connectivity index (χ2n) is 6.66. The standard InChI is InChI=1S/C21H18FN7O/c1-12-17-7-15(22)2-3-18(17)29-16(4-5-28-29)11-26-20(14(8-23)9-24)13-6-19(30-12)21(25)27-10-13/h2-8,10,12H,11,23H2,1H3,(H2,25,27). The van der Waals surface area contributed by atoms with E-state index >= 15 is 0 Å². The van der Waals surface area contributed by atoms with Crippen molar-refractivity contribution in [3.63, 3.8) is 0 Å². The summed E-state index contributed by atoms with van der Waals surface area (Å²) in [4.78, 5) is 8.78. The van der Waals surface area contributed by atoms with Crippen molar-refractivity contribution in [3.8, 4) is 17.5 Å². The average Bonchev–Trinajstić information content (AvgIpc) is 3.20. The number of halogens is 1. The number of hydrogen-bond acceptors (Lipinski definition) is 7. The molecule has 4 N–H and O–H groups in total. The van der Waals surface area contributed by atoms with E-state index in [1.54, 1.807) is 36.0 Å². The van der Waals surface area contributed by atoms with E-state index in [1.807, 2.05) is 6.07 Å². The predicted molar refractivity (Wildman–Crippen MR) is 109 cm³/mol. The predicted octanol–water partition coefficient (Wildman–Crippen LogP) is 2.80. The van der Waals surface area contributed by atoms with Gasteiger partial charge in [0.15, 0.2) is 11.6 Å². The Morgan fingerprint density at radius 3 is 2.97 bits per heavy atom. The maximum Gasteiger partial charge on any atom is 0.166 e. The minimum Gasteiger partial charge on any atom is -0.482 e. The van der Waals surface area contributed by atoms with Crippen molar-refractivity contribution >= 4 is 11.5 Å². The molecule has 1 aliphatic heterocycles. The van der Waals surface area contributed by atoms with E-state index in [1.165, 1.54) is 24.5 Å². The van der Waals surface area contributed by atoms with Gasteiger partial charge in [0.1, 0.15) is 18.0 Å². The number of nitrogens with two attached hydrogens (primary N) is 2. The van der Waals surface area contributed by atoms with E-state index in [0.717, 1.165) is 5.69 Å². The summed E-state index contributed by atoms with van der Waals surface area (Å²) in [7, 11) is 0. The number of fused-ring (bicyclic) bond motifs is 5. The number of hydrogen-bond donors (Lipinski definition) is 2. The number of anilines is 1. The topological polar surface area (TPSA) is 128 Å². The molecule has 2 bridgehead atoms. The molecule has 1 aliphatic rings. The highest BCUT2D eigenvalue weighted by Crippen LogP contribution is 2.32. The van der Waals surface area contributed by atoms with Gasteiger partial charge in [-0.15, -0.1) is 0 Å². The Morgan fingerprint density at radius 1 is 1.37 bits per heavy atom. The van der Waals surface area contributed by atoms with E-state index in [9.17, 15) is 9.65 Å². The molecule has 0 saturated heterocycles. The van der Waals surface area contributed by atoms with Crippen LogP contribution in [0.3, 0.4) is 0 Å². The first-order valence-electron chi connectivity index (χ1n) is 9.14. The first kappa shape index (κ1) is 19.1. The highest BCUT2D eigenvalue weighted by Gasteiger charge is 2.21. The largest absolute Gasteiger partial charge is 0.482 e. The fraction of sp³-hybridized carbons (Fsp3) is 0.143. The Hall–Kier alpha value is -4.19. The molecule has 4 rings (SSSR count). The second-order valence-corrected chi connectivity index (χ2v) is 6.66. The third-order valence-electron chi connectivity index (χ3n) is 4.78. The van der Waals surface area contributed by atoms with Crippen LogP contribution in [0.5, 0.6) is 5.75 Å². The minimum atomic E-state index is -0.563. The summed E-state index contributed by atoms with van der Waals surface area (Å²) < 4.78 is 21.8. The first-order chi connectivity index (χ1) is 14.5. The summed E-state index contributed by atoms with van der Waals surface area (Å²) in [6, 6.07) is 9.90. The van der Waals surface area contributed by atoms with Crippen LogP contribution in [0.25, 0.3) is 5.69 Å². The summed E-state index contributed by atoms with van der Waals surface area (Å²) in [5.74, 6) is 0.0605. The summed E-state index contributed by atoms with van der Waals surface area (Å²) in [5.41, 5.74) is 14.7. The molecule has 9 heteroatoms. The van der Waals surface area contributed by atoms with Gasteiger partial charge in [-0.2, -0.15) is 10.4 Å². The van der Waals surface area contributed by atoms with Crippen LogP contribution in [-0.4, -0.2) is 20.5 Å². The molecule has 2 aromatic heterocycles. The molecule has 30 heavy (non-hydrogen) atoms. The van der Waals surface area contributed by atoms with Crippen LogP contribution in [0.4, 0.5) is 10.2 Å². The molecule has 8 nitrogen and oxygen atoms in total. The van der Waals surface area contributed by atoms with Crippen molar-refractivity contribution in [1.82, 2.24) is 14.8 Å². The zero-order valence-electron chi connectivity index (χ0n) is 16.1. The molecule has 0 aliphatic carbocycles. The number of ether oxygens (including phenoxy) is 1. The van der Waals surface area contributed by atoms with Gasteiger partial charge in [0.2, 0.25) is 0 Å². The molecule has 0 radical (unpaired) electrons. The smallest absolute Gasteiger partial charge is 0.166 e.